The van der Waals surface area contributed by atoms with Crippen molar-refractivity contribution in [2.24, 2.45) is 0 Å². The highest BCUT2D eigenvalue weighted by Gasteiger charge is 2.20. The van der Waals surface area contributed by atoms with Gasteiger partial charge in [0.1, 0.15) is 5.82 Å². The van der Waals surface area contributed by atoms with E-state index in [0.717, 1.165) is 10.6 Å². The van der Waals surface area contributed by atoms with Gasteiger partial charge in [-0.1, -0.05) is 12.1 Å². The molecule has 0 aliphatic carbocycles. The van der Waals surface area contributed by atoms with Crippen LogP contribution in [-0.2, 0) is 16.1 Å². The van der Waals surface area contributed by atoms with E-state index in [1.807, 2.05) is 0 Å². The van der Waals surface area contributed by atoms with Crippen LogP contribution in [0, 0.1) is 12.7 Å². The quantitative estimate of drug-likeness (QED) is 0.664. The first-order chi connectivity index (χ1) is 10.4. The van der Waals surface area contributed by atoms with E-state index in [1.165, 1.54) is 19.1 Å². The standard InChI is InChI=1S/C15H12FNO5/c1-8-12(15(21)22)10-3-2-4-11(16)13(10)14(20)17(8)6-5-9(19)7-18/h2-4,7H,5-6H2,1H3,(H,21,22). The number of fused-ring (bicyclic) bond motifs is 1. The molecule has 7 heteroatoms. The predicted molar refractivity (Wildman–Crippen MR) is 75.6 cm³/mol. The molecule has 0 aliphatic rings. The zero-order chi connectivity index (χ0) is 16.4. The summed E-state index contributed by atoms with van der Waals surface area (Å²) in [5.74, 6) is -2.86. The fourth-order valence-electron chi connectivity index (χ4n) is 2.39. The molecule has 0 saturated heterocycles. The van der Waals surface area contributed by atoms with E-state index >= 15 is 0 Å². The van der Waals surface area contributed by atoms with Crippen molar-refractivity contribution in [3.05, 3.63) is 45.6 Å². The number of carbonyl (C=O) groups is 3. The number of aldehydes is 1. The van der Waals surface area contributed by atoms with Gasteiger partial charge < -0.3 is 9.67 Å². The molecule has 114 valence electrons. The van der Waals surface area contributed by atoms with Gasteiger partial charge in [-0.3, -0.25) is 14.4 Å². The first-order valence-electron chi connectivity index (χ1n) is 6.41. The number of aromatic nitrogens is 1. The number of hydrogen-bond donors (Lipinski definition) is 1. The van der Waals surface area contributed by atoms with E-state index in [4.69, 9.17) is 0 Å². The lowest BCUT2D eigenvalue weighted by Crippen LogP contribution is -2.27. The number of pyridine rings is 1. The number of aromatic carboxylic acids is 1. The largest absolute Gasteiger partial charge is 0.478 e. The highest BCUT2D eigenvalue weighted by Crippen LogP contribution is 2.21. The van der Waals surface area contributed by atoms with E-state index in [-0.39, 0.29) is 41.3 Å². The number of Topliss-reactive ketones (excluding diaryl/α,β-unsaturated/α-hetero) is 1. The Morgan fingerprint density at radius 1 is 1.36 bits per heavy atom. The van der Waals surface area contributed by atoms with Crippen molar-refractivity contribution in [3.63, 3.8) is 0 Å². The maximum absolute atomic E-state index is 13.9. The first-order valence-corrected chi connectivity index (χ1v) is 6.41. The third kappa shape index (κ3) is 2.52. The third-order valence-corrected chi connectivity index (χ3v) is 3.44. The molecule has 0 aliphatic heterocycles. The number of nitrogens with zero attached hydrogens (tertiary/aromatic N) is 1. The van der Waals surface area contributed by atoms with Crippen LogP contribution in [0.5, 0.6) is 0 Å². The minimum Gasteiger partial charge on any atom is -0.478 e. The van der Waals surface area contributed by atoms with Crippen LogP contribution in [0.2, 0.25) is 0 Å². The Morgan fingerprint density at radius 2 is 2.05 bits per heavy atom. The topological polar surface area (TPSA) is 93.4 Å². The number of carboxylic acids is 1. The van der Waals surface area contributed by atoms with Gasteiger partial charge in [0.25, 0.3) is 5.56 Å². The second-order valence-corrected chi connectivity index (χ2v) is 4.72. The highest BCUT2D eigenvalue weighted by molar-refractivity contribution is 6.24. The van der Waals surface area contributed by atoms with Crippen LogP contribution in [0.4, 0.5) is 4.39 Å². The smallest absolute Gasteiger partial charge is 0.338 e. The zero-order valence-corrected chi connectivity index (χ0v) is 11.6. The number of hydrogen-bond acceptors (Lipinski definition) is 4. The first kappa shape index (κ1) is 15.6. The minimum absolute atomic E-state index is 0.00737. The summed E-state index contributed by atoms with van der Waals surface area (Å²) >= 11 is 0. The number of rotatable bonds is 5. The van der Waals surface area contributed by atoms with Gasteiger partial charge in [0, 0.05) is 24.0 Å². The van der Waals surface area contributed by atoms with Gasteiger partial charge in [-0.15, -0.1) is 0 Å². The van der Waals surface area contributed by atoms with Gasteiger partial charge >= 0.3 is 5.97 Å². The van der Waals surface area contributed by atoms with Crippen molar-refractivity contribution in [2.75, 3.05) is 0 Å². The van der Waals surface area contributed by atoms with Crippen LogP contribution in [0.3, 0.4) is 0 Å². The van der Waals surface area contributed by atoms with Crippen LogP contribution < -0.4 is 5.56 Å². The molecule has 6 nitrogen and oxygen atoms in total. The Bertz CT molecular complexity index is 853. The fourth-order valence-corrected chi connectivity index (χ4v) is 2.39. The maximum Gasteiger partial charge on any atom is 0.338 e. The second kappa shape index (κ2) is 5.88. The summed E-state index contributed by atoms with van der Waals surface area (Å²) in [4.78, 5) is 45.2. The van der Waals surface area contributed by atoms with Gasteiger partial charge in [-0.05, 0) is 13.0 Å². The average Bonchev–Trinajstić information content (AvgIpc) is 2.46. The van der Waals surface area contributed by atoms with Gasteiger partial charge in [0.05, 0.1) is 10.9 Å². The normalized spacial score (nSPS) is 10.6. The lowest BCUT2D eigenvalue weighted by molar-refractivity contribution is -0.130. The van der Waals surface area contributed by atoms with E-state index < -0.39 is 23.1 Å². The van der Waals surface area contributed by atoms with E-state index in [1.54, 1.807) is 0 Å². The molecule has 2 aromatic rings. The molecule has 0 spiro atoms. The van der Waals surface area contributed by atoms with Crippen LogP contribution in [-0.4, -0.2) is 27.7 Å². The summed E-state index contributed by atoms with van der Waals surface area (Å²) in [7, 11) is 0. The Labute approximate surface area is 123 Å². The van der Waals surface area contributed by atoms with Crippen molar-refractivity contribution in [2.45, 2.75) is 19.9 Å². The molecule has 0 fully saturated rings. The van der Waals surface area contributed by atoms with Crippen molar-refractivity contribution >= 4 is 28.8 Å². The second-order valence-electron chi connectivity index (χ2n) is 4.72. The molecule has 2 rings (SSSR count). The van der Waals surface area contributed by atoms with Crippen LogP contribution in [0.25, 0.3) is 10.8 Å². The van der Waals surface area contributed by atoms with Crippen LogP contribution in [0.15, 0.2) is 23.0 Å². The van der Waals surface area contributed by atoms with Crippen molar-refractivity contribution in [1.82, 2.24) is 4.57 Å². The average molecular weight is 305 g/mol. The summed E-state index contributed by atoms with van der Waals surface area (Å²) in [6, 6.07) is 3.74. The molecular formula is C15H12FNO5. The lowest BCUT2D eigenvalue weighted by Gasteiger charge is -2.14. The molecule has 22 heavy (non-hydrogen) atoms. The summed E-state index contributed by atoms with van der Waals surface area (Å²) < 4.78 is 14.9. The van der Waals surface area contributed by atoms with Gasteiger partial charge in [0.2, 0.25) is 0 Å². The molecule has 0 amide bonds. The van der Waals surface area contributed by atoms with Gasteiger partial charge in [0.15, 0.2) is 12.1 Å². The summed E-state index contributed by atoms with van der Waals surface area (Å²) in [5.41, 5.74) is -0.823. The SMILES string of the molecule is Cc1c(C(=O)O)c2cccc(F)c2c(=O)n1CCC(=O)C=O. The Hall–Kier alpha value is -2.83. The molecule has 1 heterocycles. The van der Waals surface area contributed by atoms with Crippen LogP contribution in [0.1, 0.15) is 22.5 Å². The molecule has 0 unspecified atom stereocenters. The highest BCUT2D eigenvalue weighted by atomic mass is 19.1. The minimum atomic E-state index is -1.30. The maximum atomic E-state index is 13.9. The molecule has 1 N–H and O–H groups in total. The van der Waals surface area contributed by atoms with Crippen molar-refractivity contribution in [3.8, 4) is 0 Å². The van der Waals surface area contributed by atoms with E-state index in [0.29, 0.717) is 0 Å². The Balaban J connectivity index is 2.79. The predicted octanol–water partition coefficient (Wildman–Crippen LogP) is 1.31. The monoisotopic (exact) mass is 305 g/mol. The fraction of sp³-hybridized carbons (Fsp3) is 0.200. The molecule has 0 atom stereocenters. The summed E-state index contributed by atoms with van der Waals surface area (Å²) in [6.45, 7) is 1.22. The molecule has 0 saturated carbocycles. The number of carbonyl (C=O) groups excluding carboxylic acids is 2. The molecule has 1 aromatic carbocycles. The third-order valence-electron chi connectivity index (χ3n) is 3.44. The lowest BCUT2D eigenvalue weighted by atomic mass is 10.0. The zero-order valence-electron chi connectivity index (χ0n) is 11.6. The Kier molecular flexibility index (Phi) is 4.16. The van der Waals surface area contributed by atoms with Crippen LogP contribution >= 0.6 is 0 Å². The molecule has 1 aromatic heterocycles. The number of benzene rings is 1. The molecule has 0 radical (unpaired) electrons. The number of ketones is 1. The van der Waals surface area contributed by atoms with Crippen molar-refractivity contribution in [1.29, 1.82) is 0 Å². The summed E-state index contributed by atoms with van der Waals surface area (Å²) in [5, 5.41) is 9.00. The number of halogens is 1. The van der Waals surface area contributed by atoms with Gasteiger partial charge in [-0.2, -0.15) is 0 Å². The van der Waals surface area contributed by atoms with E-state index in [2.05, 4.69) is 0 Å². The molecule has 0 bridgehead atoms. The van der Waals surface area contributed by atoms with Gasteiger partial charge in [-0.25, -0.2) is 9.18 Å². The van der Waals surface area contributed by atoms with Crippen molar-refractivity contribution < 1.29 is 23.9 Å². The Morgan fingerprint density at radius 3 is 2.64 bits per heavy atom. The van der Waals surface area contributed by atoms with E-state index in [9.17, 15) is 28.7 Å². The number of carboxylic acid groups (broad SMARTS) is 1. The summed E-state index contributed by atoms with van der Waals surface area (Å²) in [6.07, 6.45) is -0.136. The molecular weight excluding hydrogens is 293 g/mol.